The van der Waals surface area contributed by atoms with Gasteiger partial charge in [0.25, 0.3) is 5.91 Å². The fourth-order valence-corrected chi connectivity index (χ4v) is 8.95. The Morgan fingerprint density at radius 1 is 0.945 bits per heavy atom. The second kappa shape index (κ2) is 13.5. The number of pyridine rings is 1. The van der Waals surface area contributed by atoms with Crippen LogP contribution in [-0.4, -0.2) is 105 Å². The fraction of sp³-hybridized carbons (Fsp3) is 0.450. The van der Waals surface area contributed by atoms with Crippen LogP contribution in [0.3, 0.4) is 0 Å². The summed E-state index contributed by atoms with van der Waals surface area (Å²) in [6.45, 7) is 2.31. The average molecular weight is 745 g/mol. The van der Waals surface area contributed by atoms with Gasteiger partial charge in [-0.3, -0.25) is 34.2 Å². The molecule has 1 spiro atoms. The second-order valence-corrected chi connectivity index (χ2v) is 15.6. The van der Waals surface area contributed by atoms with Gasteiger partial charge in [0, 0.05) is 81.8 Å². The van der Waals surface area contributed by atoms with Crippen LogP contribution in [0.5, 0.6) is 0 Å². The number of carbonyl (C=O) groups excluding carboxylic acids is 5. The molecule has 2 saturated carbocycles. The Morgan fingerprint density at radius 3 is 2.40 bits per heavy atom. The minimum Gasteiger partial charge on any atom is -0.368 e. The summed E-state index contributed by atoms with van der Waals surface area (Å²) in [6, 6.07) is 11.0. The molecule has 15 nitrogen and oxygen atoms in total. The Morgan fingerprint density at radius 2 is 1.71 bits per heavy atom. The molecule has 4 fully saturated rings. The minimum absolute atomic E-state index is 0.0165. The van der Waals surface area contributed by atoms with Crippen LogP contribution in [0, 0.1) is 0 Å². The number of fused-ring (bicyclic) bond motifs is 3. The molecule has 55 heavy (non-hydrogen) atoms. The molecule has 1 atom stereocenters. The van der Waals surface area contributed by atoms with E-state index in [0.29, 0.717) is 50.1 Å². The van der Waals surface area contributed by atoms with Gasteiger partial charge in [-0.05, 0) is 61.9 Å². The first kappa shape index (κ1) is 34.9. The van der Waals surface area contributed by atoms with Crippen molar-refractivity contribution in [2.45, 2.75) is 75.3 Å². The van der Waals surface area contributed by atoms with Crippen molar-refractivity contribution >= 4 is 63.7 Å². The number of piperazine rings is 1. The minimum atomic E-state index is -0.695. The predicted molar refractivity (Wildman–Crippen MR) is 204 cm³/mol. The summed E-state index contributed by atoms with van der Waals surface area (Å²) in [6.07, 6.45) is 9.89. The van der Waals surface area contributed by atoms with E-state index in [0.717, 1.165) is 72.1 Å². The molecular weight excluding hydrogens is 701 g/mol. The number of imide groups is 1. The molecule has 6 heterocycles. The third-order valence-corrected chi connectivity index (χ3v) is 11.9. The molecule has 1 aromatic carbocycles. The monoisotopic (exact) mass is 744 g/mol. The second-order valence-electron chi connectivity index (χ2n) is 15.6. The lowest BCUT2D eigenvalue weighted by atomic mass is 9.95. The summed E-state index contributed by atoms with van der Waals surface area (Å²) in [5, 5.41) is 6.42. The highest BCUT2D eigenvalue weighted by Crippen LogP contribution is 2.61. The smallest absolute Gasteiger partial charge is 0.270 e. The van der Waals surface area contributed by atoms with Crippen molar-refractivity contribution in [3.8, 4) is 0 Å². The molecular formula is C40H44N10O5. The van der Waals surface area contributed by atoms with Gasteiger partial charge in [-0.2, -0.15) is 4.98 Å². The maximum atomic E-state index is 13.8. The SMILES string of the molecule is CN(C)C(=O)c1cc2cnc(Nc3ccc(CC(=O)N4CCN(c5cccc6c5C5(CC5)C(=O)N6[C@@H]5CCC(=O)NC5=O)CC4)cn3)nc2n1C1CCCC1. The van der Waals surface area contributed by atoms with Gasteiger partial charge in [0.05, 0.1) is 17.5 Å². The van der Waals surface area contributed by atoms with E-state index < -0.39 is 17.4 Å². The van der Waals surface area contributed by atoms with E-state index in [-0.39, 0.29) is 42.5 Å². The zero-order valence-electron chi connectivity index (χ0n) is 31.1. The van der Waals surface area contributed by atoms with Gasteiger partial charge in [0.15, 0.2) is 0 Å². The molecule has 2 aliphatic carbocycles. The van der Waals surface area contributed by atoms with Crippen molar-refractivity contribution in [2.24, 2.45) is 0 Å². The van der Waals surface area contributed by atoms with Crippen LogP contribution in [0.25, 0.3) is 11.0 Å². The van der Waals surface area contributed by atoms with E-state index in [4.69, 9.17) is 4.98 Å². The number of hydrogen-bond donors (Lipinski definition) is 2. The third-order valence-electron chi connectivity index (χ3n) is 11.9. The van der Waals surface area contributed by atoms with Gasteiger partial charge in [-0.25, -0.2) is 9.97 Å². The summed E-state index contributed by atoms with van der Waals surface area (Å²) in [5.41, 5.74) is 4.23. The molecule has 9 rings (SSSR count). The number of carbonyl (C=O) groups is 5. The van der Waals surface area contributed by atoms with Crippen molar-refractivity contribution in [3.05, 3.63) is 65.6 Å². The predicted octanol–water partition coefficient (Wildman–Crippen LogP) is 3.46. The van der Waals surface area contributed by atoms with Gasteiger partial charge in [-0.15, -0.1) is 0 Å². The Kier molecular flexibility index (Phi) is 8.54. The lowest BCUT2D eigenvalue weighted by Crippen LogP contribution is -2.54. The zero-order valence-corrected chi connectivity index (χ0v) is 31.1. The van der Waals surface area contributed by atoms with Crippen LogP contribution in [0.2, 0.25) is 0 Å². The van der Waals surface area contributed by atoms with E-state index in [2.05, 4.69) is 30.1 Å². The van der Waals surface area contributed by atoms with Crippen molar-refractivity contribution in [1.82, 2.24) is 34.6 Å². The van der Waals surface area contributed by atoms with Crippen LogP contribution in [0.15, 0.2) is 48.8 Å². The molecule has 0 bridgehead atoms. The summed E-state index contributed by atoms with van der Waals surface area (Å²) in [4.78, 5) is 86.2. The molecule has 4 aromatic rings. The number of piperidine rings is 1. The molecule has 2 saturated heterocycles. The Bertz CT molecular complexity index is 2230. The first-order valence-electron chi connectivity index (χ1n) is 19.3. The van der Waals surface area contributed by atoms with Crippen molar-refractivity contribution in [2.75, 3.05) is 55.4 Å². The van der Waals surface area contributed by atoms with Gasteiger partial charge >= 0.3 is 0 Å². The number of hydrogen-bond acceptors (Lipinski definition) is 10. The largest absolute Gasteiger partial charge is 0.368 e. The zero-order chi connectivity index (χ0) is 38.0. The van der Waals surface area contributed by atoms with Crippen LogP contribution in [0.1, 0.15) is 79.0 Å². The van der Waals surface area contributed by atoms with Gasteiger partial charge in [0.2, 0.25) is 29.6 Å². The Balaban J connectivity index is 0.847. The van der Waals surface area contributed by atoms with E-state index in [1.807, 2.05) is 41.3 Å². The standard InChI is InChI=1S/C40H44N10O5/c1-46(2)37(54)30-21-25-23-42-39(45-35(25)49(30)26-6-3-4-7-26)43-31-12-10-24(22-41-31)20-33(52)48-18-16-47(17-19-48)27-8-5-9-28-34(27)40(14-15-40)38(55)50(28)29-11-13-32(51)44-36(29)53/h5,8-10,12,21-23,26,29H,3-4,6-7,11,13-20H2,1-2H3,(H,44,51,53)(H,41,42,43,45)/t29-/m1/s1. The first-order valence-corrected chi connectivity index (χ1v) is 19.3. The van der Waals surface area contributed by atoms with E-state index >= 15 is 0 Å². The highest BCUT2D eigenvalue weighted by atomic mass is 16.2. The van der Waals surface area contributed by atoms with Crippen LogP contribution in [0.4, 0.5) is 23.1 Å². The highest BCUT2D eigenvalue weighted by Gasteiger charge is 2.62. The molecule has 15 heteroatoms. The summed E-state index contributed by atoms with van der Waals surface area (Å²) < 4.78 is 2.08. The van der Waals surface area contributed by atoms with Gasteiger partial charge in [0.1, 0.15) is 23.2 Å². The third kappa shape index (κ3) is 6.05. The highest BCUT2D eigenvalue weighted by molar-refractivity contribution is 6.16. The summed E-state index contributed by atoms with van der Waals surface area (Å²) in [7, 11) is 3.51. The molecule has 0 unspecified atom stereocenters. The molecule has 284 valence electrons. The number of amides is 5. The van der Waals surface area contributed by atoms with Gasteiger partial charge in [-0.1, -0.05) is 25.0 Å². The average Bonchev–Trinajstić information content (AvgIpc) is 3.51. The van der Waals surface area contributed by atoms with Crippen molar-refractivity contribution in [3.63, 3.8) is 0 Å². The molecule has 0 radical (unpaired) electrons. The molecule has 3 aromatic heterocycles. The fourth-order valence-electron chi connectivity index (χ4n) is 8.95. The van der Waals surface area contributed by atoms with Crippen LogP contribution in [-0.2, 0) is 31.0 Å². The van der Waals surface area contributed by atoms with Crippen LogP contribution < -0.4 is 20.4 Å². The number of aromatic nitrogens is 4. The Hall–Kier alpha value is -5.86. The topological polar surface area (TPSA) is 166 Å². The number of rotatable bonds is 8. The van der Waals surface area contributed by atoms with E-state index in [1.165, 1.54) is 0 Å². The quantitative estimate of drug-likeness (QED) is 0.255. The first-order chi connectivity index (χ1) is 26.6. The number of nitrogens with zero attached hydrogens (tertiary/aromatic N) is 8. The number of nitrogens with one attached hydrogen (secondary N) is 2. The normalized spacial score (nSPS) is 20.7. The Labute approximate surface area is 318 Å². The van der Waals surface area contributed by atoms with Crippen molar-refractivity contribution in [1.29, 1.82) is 0 Å². The maximum Gasteiger partial charge on any atom is 0.270 e. The maximum absolute atomic E-state index is 13.8. The summed E-state index contributed by atoms with van der Waals surface area (Å²) >= 11 is 0. The molecule has 5 amide bonds. The number of anilines is 4. The lowest BCUT2D eigenvalue weighted by Gasteiger charge is -2.37. The molecule has 2 N–H and O–H groups in total. The molecule has 5 aliphatic rings. The van der Waals surface area contributed by atoms with Gasteiger partial charge < -0.3 is 24.6 Å². The van der Waals surface area contributed by atoms with E-state index in [1.54, 1.807) is 36.3 Å². The van der Waals surface area contributed by atoms with Crippen molar-refractivity contribution < 1.29 is 24.0 Å². The molecule has 3 aliphatic heterocycles. The number of benzene rings is 1. The lowest BCUT2D eigenvalue weighted by molar-refractivity contribution is -0.136. The van der Waals surface area contributed by atoms with E-state index in [9.17, 15) is 24.0 Å². The van der Waals surface area contributed by atoms with Crippen LogP contribution >= 0.6 is 0 Å². The summed E-state index contributed by atoms with van der Waals surface area (Å²) in [5.74, 6) is 0.111.